The summed E-state index contributed by atoms with van der Waals surface area (Å²) in [7, 11) is 3.33. The van der Waals surface area contributed by atoms with E-state index in [9.17, 15) is 5.11 Å². The molecule has 1 aromatic carbocycles. The van der Waals surface area contributed by atoms with E-state index in [2.05, 4.69) is 15.9 Å². The molecule has 0 radical (unpaired) electrons. The predicted molar refractivity (Wildman–Crippen MR) is 74.0 cm³/mol. The number of aliphatic hydroxyl groups is 1. The monoisotopic (exact) mass is 314 g/mol. The Labute approximate surface area is 116 Å². The Morgan fingerprint density at radius 1 is 1.39 bits per heavy atom. The number of aliphatic hydroxyl groups excluding tert-OH is 1. The molecule has 1 aliphatic rings. The van der Waals surface area contributed by atoms with Gasteiger partial charge in [-0.1, -0.05) is 6.07 Å². The third-order valence-corrected chi connectivity index (χ3v) is 4.48. The second kappa shape index (κ2) is 5.59. The van der Waals surface area contributed by atoms with Gasteiger partial charge in [0.2, 0.25) is 0 Å². The topological polar surface area (TPSA) is 38.7 Å². The highest BCUT2D eigenvalue weighted by atomic mass is 79.9. The molecule has 0 bridgehead atoms. The summed E-state index contributed by atoms with van der Waals surface area (Å²) >= 11 is 3.46. The molecule has 1 atom stereocenters. The van der Waals surface area contributed by atoms with Crippen LogP contribution in [0.25, 0.3) is 0 Å². The maximum absolute atomic E-state index is 10.3. The van der Waals surface area contributed by atoms with E-state index in [-0.39, 0.29) is 5.60 Å². The van der Waals surface area contributed by atoms with Crippen LogP contribution < -0.4 is 4.74 Å². The minimum Gasteiger partial charge on any atom is -0.496 e. The minimum absolute atomic E-state index is 0.327. The summed E-state index contributed by atoms with van der Waals surface area (Å²) in [6.45, 7) is 0. The van der Waals surface area contributed by atoms with Crippen molar-refractivity contribution >= 4 is 15.9 Å². The van der Waals surface area contributed by atoms with E-state index < -0.39 is 6.10 Å². The lowest BCUT2D eigenvalue weighted by Gasteiger charge is -2.44. The lowest BCUT2D eigenvalue weighted by molar-refractivity contribution is -0.148. The molecule has 0 spiro atoms. The summed E-state index contributed by atoms with van der Waals surface area (Å²) in [4.78, 5) is 0. The van der Waals surface area contributed by atoms with Crippen molar-refractivity contribution < 1.29 is 14.6 Å². The molecular formula is C14H19BrO3. The second-order valence-corrected chi connectivity index (χ2v) is 5.67. The van der Waals surface area contributed by atoms with Gasteiger partial charge in [0.1, 0.15) is 5.75 Å². The fourth-order valence-corrected chi connectivity index (χ4v) is 3.03. The zero-order valence-electron chi connectivity index (χ0n) is 10.8. The van der Waals surface area contributed by atoms with Gasteiger partial charge in [-0.15, -0.1) is 0 Å². The smallest absolute Gasteiger partial charge is 0.133 e. The van der Waals surface area contributed by atoms with Gasteiger partial charge in [-0.25, -0.2) is 0 Å². The van der Waals surface area contributed by atoms with Crippen LogP contribution in [-0.2, 0) is 11.2 Å². The van der Waals surface area contributed by atoms with Gasteiger partial charge in [-0.2, -0.15) is 0 Å². The van der Waals surface area contributed by atoms with Crippen molar-refractivity contribution in [3.63, 3.8) is 0 Å². The standard InChI is InChI=1S/C14H19BrO3/c1-17-12-5-4-10(8-11(12)15)9-13(16)14(18-2)6-3-7-14/h4-5,8,13,16H,3,6-7,9H2,1-2H3. The molecular weight excluding hydrogens is 296 g/mol. The first-order valence-corrected chi connectivity index (χ1v) is 6.96. The van der Waals surface area contributed by atoms with E-state index in [1.54, 1.807) is 14.2 Å². The molecule has 0 aliphatic heterocycles. The molecule has 1 N–H and O–H groups in total. The number of benzene rings is 1. The SMILES string of the molecule is COc1ccc(CC(O)C2(OC)CCC2)cc1Br. The normalized spacial score (nSPS) is 19.1. The number of halogens is 1. The molecule has 1 aromatic rings. The van der Waals surface area contributed by atoms with Crippen molar-refractivity contribution in [2.24, 2.45) is 0 Å². The molecule has 1 fully saturated rings. The van der Waals surface area contributed by atoms with E-state index in [4.69, 9.17) is 9.47 Å². The first-order valence-electron chi connectivity index (χ1n) is 6.17. The van der Waals surface area contributed by atoms with Crippen LogP contribution in [0.15, 0.2) is 22.7 Å². The van der Waals surface area contributed by atoms with Crippen LogP contribution in [0.4, 0.5) is 0 Å². The summed E-state index contributed by atoms with van der Waals surface area (Å²) in [5.74, 6) is 0.804. The van der Waals surface area contributed by atoms with E-state index in [0.717, 1.165) is 35.0 Å². The Bertz CT molecular complexity index is 410. The number of ether oxygens (including phenoxy) is 2. The third kappa shape index (κ3) is 2.56. The molecule has 1 aliphatic carbocycles. The maximum Gasteiger partial charge on any atom is 0.133 e. The molecule has 18 heavy (non-hydrogen) atoms. The van der Waals surface area contributed by atoms with Crippen molar-refractivity contribution in [1.29, 1.82) is 0 Å². The number of rotatable bonds is 5. The molecule has 4 heteroatoms. The zero-order chi connectivity index (χ0) is 13.2. The van der Waals surface area contributed by atoms with Crippen LogP contribution in [0.5, 0.6) is 5.75 Å². The predicted octanol–water partition coefficient (Wildman–Crippen LogP) is 2.93. The Balaban J connectivity index is 2.07. The van der Waals surface area contributed by atoms with Crippen molar-refractivity contribution in [2.75, 3.05) is 14.2 Å². The summed E-state index contributed by atoms with van der Waals surface area (Å²) < 4.78 is 11.6. The van der Waals surface area contributed by atoms with E-state index >= 15 is 0 Å². The summed E-state index contributed by atoms with van der Waals surface area (Å²) in [5.41, 5.74) is 0.755. The molecule has 0 saturated heterocycles. The van der Waals surface area contributed by atoms with Crippen molar-refractivity contribution in [3.8, 4) is 5.75 Å². The molecule has 1 unspecified atom stereocenters. The first-order chi connectivity index (χ1) is 8.61. The van der Waals surface area contributed by atoms with Gasteiger partial charge in [-0.05, 0) is 52.9 Å². The molecule has 0 heterocycles. The third-order valence-electron chi connectivity index (χ3n) is 3.86. The van der Waals surface area contributed by atoms with Gasteiger partial charge in [0.05, 0.1) is 23.3 Å². The van der Waals surface area contributed by atoms with Gasteiger partial charge < -0.3 is 14.6 Å². The average molecular weight is 315 g/mol. The lowest BCUT2D eigenvalue weighted by atomic mass is 9.74. The molecule has 2 rings (SSSR count). The van der Waals surface area contributed by atoms with Crippen molar-refractivity contribution in [1.82, 2.24) is 0 Å². The fraction of sp³-hybridized carbons (Fsp3) is 0.571. The van der Waals surface area contributed by atoms with Crippen LogP contribution in [0.1, 0.15) is 24.8 Å². The summed E-state index contributed by atoms with van der Waals surface area (Å²) in [6, 6.07) is 5.88. The molecule has 0 amide bonds. The van der Waals surface area contributed by atoms with E-state index in [1.807, 2.05) is 18.2 Å². The number of hydrogen-bond acceptors (Lipinski definition) is 3. The first kappa shape index (κ1) is 13.8. The van der Waals surface area contributed by atoms with Gasteiger partial charge in [0.25, 0.3) is 0 Å². The van der Waals surface area contributed by atoms with Crippen LogP contribution in [0.2, 0.25) is 0 Å². The zero-order valence-corrected chi connectivity index (χ0v) is 12.4. The molecule has 0 aromatic heterocycles. The van der Waals surface area contributed by atoms with Crippen molar-refractivity contribution in [2.45, 2.75) is 37.4 Å². The Morgan fingerprint density at radius 3 is 2.56 bits per heavy atom. The number of hydrogen-bond donors (Lipinski definition) is 1. The highest BCUT2D eigenvalue weighted by molar-refractivity contribution is 9.10. The largest absolute Gasteiger partial charge is 0.496 e. The number of methoxy groups -OCH3 is 2. The molecule has 3 nitrogen and oxygen atoms in total. The quantitative estimate of drug-likeness (QED) is 0.908. The van der Waals surface area contributed by atoms with Crippen molar-refractivity contribution in [3.05, 3.63) is 28.2 Å². The second-order valence-electron chi connectivity index (χ2n) is 4.81. The summed E-state index contributed by atoms with van der Waals surface area (Å²) in [5, 5.41) is 10.3. The van der Waals surface area contributed by atoms with Crippen LogP contribution in [-0.4, -0.2) is 31.0 Å². The molecule has 100 valence electrons. The summed E-state index contributed by atoms with van der Waals surface area (Å²) in [6.07, 6.45) is 3.19. The van der Waals surface area contributed by atoms with E-state index in [1.165, 1.54) is 0 Å². The van der Waals surface area contributed by atoms with Crippen LogP contribution in [0, 0.1) is 0 Å². The van der Waals surface area contributed by atoms with Gasteiger partial charge >= 0.3 is 0 Å². The average Bonchev–Trinajstić information content (AvgIpc) is 2.28. The highest BCUT2D eigenvalue weighted by Crippen LogP contribution is 2.39. The minimum atomic E-state index is -0.448. The van der Waals surface area contributed by atoms with Gasteiger partial charge in [-0.3, -0.25) is 0 Å². The molecule has 1 saturated carbocycles. The fourth-order valence-electron chi connectivity index (χ4n) is 2.44. The Morgan fingerprint density at radius 2 is 2.11 bits per heavy atom. The lowest BCUT2D eigenvalue weighted by Crippen LogP contribution is -2.50. The van der Waals surface area contributed by atoms with E-state index in [0.29, 0.717) is 6.42 Å². The van der Waals surface area contributed by atoms with Gasteiger partial charge in [0, 0.05) is 13.5 Å². The van der Waals surface area contributed by atoms with Crippen LogP contribution >= 0.6 is 15.9 Å². The highest BCUT2D eigenvalue weighted by Gasteiger charge is 2.43. The van der Waals surface area contributed by atoms with Crippen LogP contribution in [0.3, 0.4) is 0 Å². The Kier molecular flexibility index (Phi) is 4.30. The van der Waals surface area contributed by atoms with Gasteiger partial charge in [0.15, 0.2) is 0 Å². The maximum atomic E-state index is 10.3. The Hall–Kier alpha value is -0.580.